The van der Waals surface area contributed by atoms with Crippen molar-refractivity contribution < 1.29 is 9.53 Å². The Morgan fingerprint density at radius 1 is 0.860 bits per heavy atom. The quantitative estimate of drug-likeness (QED) is 0.266. The van der Waals surface area contributed by atoms with Crippen LogP contribution in [0.1, 0.15) is 48.5 Å². The second-order valence-corrected chi connectivity index (χ2v) is 11.7. The van der Waals surface area contributed by atoms with E-state index in [0.29, 0.717) is 12.8 Å². The van der Waals surface area contributed by atoms with E-state index in [9.17, 15) is 4.79 Å². The average Bonchev–Trinajstić information content (AvgIpc) is 3.74. The number of rotatable bonds is 11. The second kappa shape index (κ2) is 14.3. The first-order valence-electron chi connectivity index (χ1n) is 15.5. The number of alkyl carbamates (subject to hydrolysis) is 1. The molecule has 1 N–H and O–H groups in total. The van der Waals surface area contributed by atoms with Crippen molar-refractivity contribution in [3.05, 3.63) is 108 Å². The number of nitrogens with zero attached hydrogens (tertiary/aromatic N) is 6. The Balaban J connectivity index is 1.19. The van der Waals surface area contributed by atoms with Gasteiger partial charge in [-0.25, -0.2) is 14.5 Å². The van der Waals surface area contributed by atoms with Crippen molar-refractivity contribution in [2.75, 3.05) is 31.1 Å². The number of hydrogen-bond donors (Lipinski definition) is 1. The van der Waals surface area contributed by atoms with Crippen molar-refractivity contribution in [1.29, 1.82) is 0 Å². The van der Waals surface area contributed by atoms with Crippen molar-refractivity contribution in [3.8, 4) is 0 Å². The zero-order valence-electron chi connectivity index (χ0n) is 24.7. The average molecular weight is 580 g/mol. The Labute approximate surface area is 253 Å². The van der Waals surface area contributed by atoms with Gasteiger partial charge >= 0.3 is 6.09 Å². The molecule has 1 amide bonds. The molecule has 4 aromatic rings. The summed E-state index contributed by atoms with van der Waals surface area (Å²) in [4.78, 5) is 22.4. The molecule has 1 saturated heterocycles. The lowest BCUT2D eigenvalue weighted by Gasteiger charge is -2.34. The normalized spacial score (nSPS) is 17.4. The van der Waals surface area contributed by atoms with Gasteiger partial charge in [0.25, 0.3) is 0 Å². The fourth-order valence-electron chi connectivity index (χ4n) is 6.22. The van der Waals surface area contributed by atoms with Crippen LogP contribution in [0.5, 0.6) is 0 Å². The smallest absolute Gasteiger partial charge is 0.407 e. The summed E-state index contributed by atoms with van der Waals surface area (Å²) in [5.41, 5.74) is 3.26. The van der Waals surface area contributed by atoms with Crippen LogP contribution in [0.2, 0.25) is 0 Å². The van der Waals surface area contributed by atoms with Crippen LogP contribution >= 0.6 is 0 Å². The van der Waals surface area contributed by atoms with Crippen LogP contribution in [0.3, 0.4) is 0 Å². The summed E-state index contributed by atoms with van der Waals surface area (Å²) in [6.07, 6.45) is 9.01. The van der Waals surface area contributed by atoms with E-state index in [2.05, 4.69) is 79.1 Å². The number of ether oxygens (including phenoxy) is 1. The van der Waals surface area contributed by atoms with Gasteiger partial charge in [-0.2, -0.15) is 0 Å². The number of pyridine rings is 1. The minimum Gasteiger partial charge on any atom is -0.446 e. The summed E-state index contributed by atoms with van der Waals surface area (Å²) in [6, 6.07) is 26.3. The Kier molecular flexibility index (Phi) is 9.59. The van der Waals surface area contributed by atoms with Crippen LogP contribution in [0.15, 0.2) is 91.3 Å². The third-order valence-corrected chi connectivity index (χ3v) is 8.56. The number of benzene rings is 2. The molecule has 9 nitrogen and oxygen atoms in total. The Morgan fingerprint density at radius 2 is 1.53 bits per heavy atom. The first kappa shape index (κ1) is 28.9. The summed E-state index contributed by atoms with van der Waals surface area (Å²) < 4.78 is 7.81. The highest BCUT2D eigenvalue weighted by Crippen LogP contribution is 2.24. The van der Waals surface area contributed by atoms with Gasteiger partial charge in [-0.3, -0.25) is 4.90 Å². The van der Waals surface area contributed by atoms with E-state index in [4.69, 9.17) is 4.74 Å². The van der Waals surface area contributed by atoms with Gasteiger partial charge in [0.05, 0.1) is 24.0 Å². The summed E-state index contributed by atoms with van der Waals surface area (Å²) in [7, 11) is 0. The van der Waals surface area contributed by atoms with Crippen LogP contribution < -0.4 is 10.2 Å². The molecule has 2 atom stereocenters. The molecular formula is C34H41N7O2. The molecule has 2 fully saturated rings. The fraction of sp³-hybridized carbons (Fsp3) is 0.412. The molecule has 9 heteroatoms. The van der Waals surface area contributed by atoms with Crippen LogP contribution in [0.4, 0.5) is 10.6 Å². The maximum absolute atomic E-state index is 13.2. The number of hydrogen-bond acceptors (Lipinski definition) is 7. The topological polar surface area (TPSA) is 88.4 Å². The molecular weight excluding hydrogens is 538 g/mol. The standard InChI is InChI=1S/C34H41N7O2/c42-34(43-30-15-7-8-16-30)36-31(23-27-11-3-1-4-12-27)32(24-28-13-5-2-6-14-28)41-26-29(37-38-41)25-39-19-21-40(22-20-39)33-17-9-10-18-35-33/h1-6,9-14,17-18,26,30-32H,7-8,15-16,19-25H2,(H,36,42)/t31-,32-/m0/s1. The van der Waals surface area contributed by atoms with Gasteiger partial charge in [0, 0.05) is 38.9 Å². The summed E-state index contributed by atoms with van der Waals surface area (Å²) >= 11 is 0. The van der Waals surface area contributed by atoms with Gasteiger partial charge < -0.3 is 15.0 Å². The van der Waals surface area contributed by atoms with E-state index in [1.165, 1.54) is 5.56 Å². The SMILES string of the molecule is O=C(N[C@@H](Cc1ccccc1)[C@H](Cc1ccccc1)n1cc(CN2CCN(c3ccccn3)CC2)nn1)OC1CCCC1. The number of carbonyl (C=O) groups is 1. The number of carbonyl (C=O) groups excluding carboxylic acids is 1. The molecule has 6 rings (SSSR count). The lowest BCUT2D eigenvalue weighted by atomic mass is 9.94. The highest BCUT2D eigenvalue weighted by Gasteiger charge is 2.29. The van der Waals surface area contributed by atoms with Crippen molar-refractivity contribution >= 4 is 11.9 Å². The minimum absolute atomic E-state index is 0.000982. The van der Waals surface area contributed by atoms with Gasteiger partial charge in [0.1, 0.15) is 11.9 Å². The molecule has 0 spiro atoms. The van der Waals surface area contributed by atoms with E-state index in [-0.39, 0.29) is 24.3 Å². The van der Waals surface area contributed by atoms with Crippen molar-refractivity contribution in [1.82, 2.24) is 30.2 Å². The monoisotopic (exact) mass is 579 g/mol. The maximum atomic E-state index is 13.2. The second-order valence-electron chi connectivity index (χ2n) is 11.7. The number of nitrogens with one attached hydrogen (secondary N) is 1. The molecule has 43 heavy (non-hydrogen) atoms. The van der Waals surface area contributed by atoms with Gasteiger partial charge in [-0.15, -0.1) is 5.10 Å². The molecule has 3 heterocycles. The van der Waals surface area contributed by atoms with E-state index in [1.807, 2.05) is 47.3 Å². The number of piperazine rings is 1. The number of aromatic nitrogens is 4. The predicted molar refractivity (Wildman–Crippen MR) is 167 cm³/mol. The van der Waals surface area contributed by atoms with Crippen LogP contribution in [-0.4, -0.2) is 69.3 Å². The zero-order chi connectivity index (χ0) is 29.3. The first-order valence-corrected chi connectivity index (χ1v) is 15.5. The molecule has 224 valence electrons. The van der Waals surface area contributed by atoms with Crippen molar-refractivity contribution in [2.24, 2.45) is 0 Å². The molecule has 0 radical (unpaired) electrons. The van der Waals surface area contributed by atoms with Gasteiger partial charge in [0.15, 0.2) is 0 Å². The minimum atomic E-state index is -0.350. The van der Waals surface area contributed by atoms with Crippen LogP contribution in [-0.2, 0) is 24.1 Å². The van der Waals surface area contributed by atoms with E-state index >= 15 is 0 Å². The third kappa shape index (κ3) is 7.99. The maximum Gasteiger partial charge on any atom is 0.407 e. The summed E-state index contributed by atoms with van der Waals surface area (Å²) in [6.45, 7) is 4.45. The van der Waals surface area contributed by atoms with Gasteiger partial charge in [-0.1, -0.05) is 71.9 Å². The molecule has 1 aliphatic heterocycles. The fourth-order valence-corrected chi connectivity index (χ4v) is 6.22. The van der Waals surface area contributed by atoms with E-state index in [0.717, 1.165) is 75.5 Å². The van der Waals surface area contributed by atoms with Gasteiger partial charge in [0.2, 0.25) is 0 Å². The van der Waals surface area contributed by atoms with Gasteiger partial charge in [-0.05, 0) is 61.8 Å². The lowest BCUT2D eigenvalue weighted by Crippen LogP contribution is -2.46. The zero-order valence-corrected chi connectivity index (χ0v) is 24.7. The lowest BCUT2D eigenvalue weighted by molar-refractivity contribution is 0.0946. The molecule has 0 unspecified atom stereocenters. The Bertz CT molecular complexity index is 1400. The molecule has 0 bridgehead atoms. The number of anilines is 1. The molecule has 2 aromatic carbocycles. The van der Waals surface area contributed by atoms with Crippen LogP contribution in [0.25, 0.3) is 0 Å². The predicted octanol–water partition coefficient (Wildman–Crippen LogP) is 5.06. The number of amides is 1. The largest absolute Gasteiger partial charge is 0.446 e. The third-order valence-electron chi connectivity index (χ3n) is 8.56. The van der Waals surface area contributed by atoms with Crippen LogP contribution in [0, 0.1) is 0 Å². The van der Waals surface area contributed by atoms with Crippen molar-refractivity contribution in [3.63, 3.8) is 0 Å². The van der Waals surface area contributed by atoms with E-state index in [1.54, 1.807) is 0 Å². The Morgan fingerprint density at radius 3 is 2.21 bits per heavy atom. The summed E-state index contributed by atoms with van der Waals surface area (Å²) in [5.74, 6) is 1.03. The van der Waals surface area contributed by atoms with E-state index < -0.39 is 0 Å². The highest BCUT2D eigenvalue weighted by molar-refractivity contribution is 5.68. The Hall–Kier alpha value is -4.24. The van der Waals surface area contributed by atoms with Crippen molar-refractivity contribution in [2.45, 2.75) is 63.3 Å². The highest BCUT2D eigenvalue weighted by atomic mass is 16.6. The first-order chi connectivity index (χ1) is 21.2. The molecule has 2 aliphatic rings. The summed E-state index contributed by atoms with van der Waals surface area (Å²) in [5, 5.41) is 12.5. The molecule has 1 saturated carbocycles. The molecule has 2 aromatic heterocycles. The molecule has 1 aliphatic carbocycles.